The van der Waals surface area contributed by atoms with E-state index in [1.54, 1.807) is 7.11 Å². The highest BCUT2D eigenvalue weighted by molar-refractivity contribution is 6.33. The van der Waals surface area contributed by atoms with Gasteiger partial charge in [0.05, 0.1) is 18.2 Å². The van der Waals surface area contributed by atoms with Crippen molar-refractivity contribution in [2.45, 2.75) is 25.4 Å². The van der Waals surface area contributed by atoms with Crippen molar-refractivity contribution in [2.24, 2.45) is 0 Å². The Morgan fingerprint density at radius 2 is 2.00 bits per heavy atom. The molecule has 1 N–H and O–H groups in total. The summed E-state index contributed by atoms with van der Waals surface area (Å²) in [5, 5.41) is 4.33. The summed E-state index contributed by atoms with van der Waals surface area (Å²) in [7, 11) is 1.76. The first-order valence-corrected chi connectivity index (χ1v) is 8.92. The van der Waals surface area contributed by atoms with Crippen LogP contribution in [0.5, 0.6) is 0 Å². The van der Waals surface area contributed by atoms with E-state index >= 15 is 0 Å². The third-order valence-corrected chi connectivity index (χ3v) is 4.89. The molecule has 1 aliphatic heterocycles. The van der Waals surface area contributed by atoms with E-state index in [-0.39, 0.29) is 0 Å². The molecule has 0 unspecified atom stereocenters. The van der Waals surface area contributed by atoms with Gasteiger partial charge in [-0.2, -0.15) is 0 Å². The zero-order valence-electron chi connectivity index (χ0n) is 14.1. The molecule has 3 rings (SSSR count). The topological polar surface area (TPSA) is 37.6 Å². The van der Waals surface area contributed by atoms with Crippen molar-refractivity contribution in [3.05, 3.63) is 47.2 Å². The van der Waals surface area contributed by atoms with E-state index in [1.165, 1.54) is 12.8 Å². The van der Waals surface area contributed by atoms with Gasteiger partial charge in [-0.25, -0.2) is 0 Å². The predicted molar refractivity (Wildman–Crippen MR) is 97.3 cm³/mol. The molecule has 24 heavy (non-hydrogen) atoms. The highest BCUT2D eigenvalue weighted by Crippen LogP contribution is 2.29. The first-order valence-electron chi connectivity index (χ1n) is 8.54. The van der Waals surface area contributed by atoms with E-state index in [1.807, 2.05) is 36.4 Å². The lowest BCUT2D eigenvalue weighted by Gasteiger charge is -2.32. The number of methoxy groups -OCH3 is 1. The van der Waals surface area contributed by atoms with E-state index in [9.17, 15) is 0 Å². The van der Waals surface area contributed by atoms with E-state index in [2.05, 4.69) is 10.2 Å². The summed E-state index contributed by atoms with van der Waals surface area (Å²) in [5.74, 6) is 1.78. The molecule has 0 aliphatic carbocycles. The zero-order valence-corrected chi connectivity index (χ0v) is 14.9. The number of piperidine rings is 1. The maximum atomic E-state index is 6.23. The van der Waals surface area contributed by atoms with Crippen LogP contribution in [0.3, 0.4) is 0 Å². The van der Waals surface area contributed by atoms with Crippen LogP contribution in [0.25, 0.3) is 11.3 Å². The fourth-order valence-corrected chi connectivity index (χ4v) is 3.33. The highest BCUT2D eigenvalue weighted by Gasteiger charge is 2.18. The van der Waals surface area contributed by atoms with Gasteiger partial charge in [-0.05, 0) is 50.2 Å². The molecule has 2 aromatic rings. The molecule has 130 valence electrons. The van der Waals surface area contributed by atoms with Crippen LogP contribution in [0.2, 0.25) is 5.02 Å². The summed E-state index contributed by atoms with van der Waals surface area (Å²) in [4.78, 5) is 2.46. The molecule has 1 aromatic heterocycles. The molecule has 1 aromatic carbocycles. The van der Waals surface area contributed by atoms with Gasteiger partial charge >= 0.3 is 0 Å². The lowest BCUT2D eigenvalue weighted by molar-refractivity contribution is 0.125. The molecule has 1 aliphatic rings. The second-order valence-corrected chi connectivity index (χ2v) is 6.64. The number of nitrogens with zero attached hydrogens (tertiary/aromatic N) is 1. The molecule has 0 bridgehead atoms. The third kappa shape index (κ3) is 4.61. The minimum Gasteiger partial charge on any atom is -0.460 e. The van der Waals surface area contributed by atoms with E-state index in [0.29, 0.717) is 6.04 Å². The van der Waals surface area contributed by atoms with Crippen molar-refractivity contribution >= 4 is 11.6 Å². The Bertz CT molecular complexity index is 636. The Morgan fingerprint density at radius 1 is 1.21 bits per heavy atom. The number of rotatable bonds is 7. The lowest BCUT2D eigenvalue weighted by Crippen LogP contribution is -2.43. The van der Waals surface area contributed by atoms with E-state index < -0.39 is 0 Å². The smallest absolute Gasteiger partial charge is 0.135 e. The van der Waals surface area contributed by atoms with Crippen LogP contribution in [0.1, 0.15) is 18.6 Å². The number of furan rings is 1. The van der Waals surface area contributed by atoms with Gasteiger partial charge in [-0.3, -0.25) is 0 Å². The fraction of sp³-hybridized carbons (Fsp3) is 0.474. The number of halogens is 1. The molecule has 2 heterocycles. The molecule has 1 saturated heterocycles. The van der Waals surface area contributed by atoms with Gasteiger partial charge in [-0.15, -0.1) is 0 Å². The molecule has 0 saturated carbocycles. The number of likely N-dealkylation sites (tertiary alicyclic amines) is 1. The minimum atomic E-state index is 0.553. The molecule has 5 heteroatoms. The molecule has 4 nitrogen and oxygen atoms in total. The highest BCUT2D eigenvalue weighted by atomic mass is 35.5. The predicted octanol–water partition coefficient (Wildman–Crippen LogP) is 3.80. The number of nitrogens with one attached hydrogen (secondary N) is 1. The van der Waals surface area contributed by atoms with Gasteiger partial charge in [0.15, 0.2) is 0 Å². The Balaban J connectivity index is 1.47. The summed E-state index contributed by atoms with van der Waals surface area (Å²) in [6.07, 6.45) is 2.34. The normalized spacial score (nSPS) is 16.6. The molecule has 0 amide bonds. The van der Waals surface area contributed by atoms with Crippen LogP contribution in [0.4, 0.5) is 0 Å². The standard InChI is InChI=1S/C19H25ClN2O2/c1-23-13-12-22-10-8-15(9-11-22)21-14-16-6-7-19(24-16)17-4-2-3-5-18(17)20/h2-7,15,21H,8-14H2,1H3. The summed E-state index contributed by atoms with van der Waals surface area (Å²) in [6.45, 7) is 4.86. The third-order valence-electron chi connectivity index (χ3n) is 4.57. The fourth-order valence-electron chi connectivity index (χ4n) is 3.10. The first kappa shape index (κ1) is 17.5. The number of hydrogen-bond acceptors (Lipinski definition) is 4. The lowest BCUT2D eigenvalue weighted by atomic mass is 10.1. The Morgan fingerprint density at radius 3 is 2.75 bits per heavy atom. The number of ether oxygens (including phenoxy) is 1. The van der Waals surface area contributed by atoms with Crippen LogP contribution in [-0.4, -0.2) is 44.3 Å². The van der Waals surface area contributed by atoms with Crippen molar-refractivity contribution in [2.75, 3.05) is 33.4 Å². The number of benzene rings is 1. The molecule has 1 fully saturated rings. The van der Waals surface area contributed by atoms with Gasteiger partial charge in [0.2, 0.25) is 0 Å². The van der Waals surface area contributed by atoms with Crippen LogP contribution < -0.4 is 5.32 Å². The number of hydrogen-bond donors (Lipinski definition) is 1. The molecule has 0 radical (unpaired) electrons. The molecular weight excluding hydrogens is 324 g/mol. The average molecular weight is 349 g/mol. The van der Waals surface area contributed by atoms with Crippen LogP contribution in [0, 0.1) is 0 Å². The maximum absolute atomic E-state index is 6.23. The van der Waals surface area contributed by atoms with Gasteiger partial charge < -0.3 is 19.4 Å². The largest absolute Gasteiger partial charge is 0.460 e. The summed E-state index contributed by atoms with van der Waals surface area (Å²) >= 11 is 6.23. The van der Waals surface area contributed by atoms with Crippen molar-refractivity contribution in [3.8, 4) is 11.3 Å². The SMILES string of the molecule is COCCN1CCC(NCc2ccc(-c3ccccc3Cl)o2)CC1. The summed E-state index contributed by atoms with van der Waals surface area (Å²) in [6, 6.07) is 12.3. The van der Waals surface area contributed by atoms with E-state index in [4.69, 9.17) is 20.8 Å². The van der Waals surface area contributed by atoms with Gasteiger partial charge in [-0.1, -0.05) is 23.7 Å². The molecule has 0 atom stereocenters. The van der Waals surface area contributed by atoms with Gasteiger partial charge in [0, 0.05) is 25.3 Å². The Kier molecular flexibility index (Phi) is 6.32. The zero-order chi connectivity index (χ0) is 16.8. The van der Waals surface area contributed by atoms with Crippen molar-refractivity contribution in [1.29, 1.82) is 0 Å². The minimum absolute atomic E-state index is 0.553. The van der Waals surface area contributed by atoms with Gasteiger partial charge in [0.25, 0.3) is 0 Å². The summed E-state index contributed by atoms with van der Waals surface area (Å²) < 4.78 is 11.1. The quantitative estimate of drug-likeness (QED) is 0.825. The maximum Gasteiger partial charge on any atom is 0.135 e. The molecule has 0 spiro atoms. The van der Waals surface area contributed by atoms with Crippen molar-refractivity contribution in [3.63, 3.8) is 0 Å². The second-order valence-electron chi connectivity index (χ2n) is 6.24. The van der Waals surface area contributed by atoms with Crippen molar-refractivity contribution in [1.82, 2.24) is 10.2 Å². The van der Waals surface area contributed by atoms with Crippen LogP contribution in [-0.2, 0) is 11.3 Å². The summed E-state index contributed by atoms with van der Waals surface area (Å²) in [5.41, 5.74) is 0.942. The van der Waals surface area contributed by atoms with E-state index in [0.717, 1.165) is 54.9 Å². The molecular formula is C19H25ClN2O2. The Hall–Kier alpha value is -1.33. The van der Waals surface area contributed by atoms with Gasteiger partial charge in [0.1, 0.15) is 11.5 Å². The van der Waals surface area contributed by atoms with Crippen molar-refractivity contribution < 1.29 is 9.15 Å². The monoisotopic (exact) mass is 348 g/mol. The second kappa shape index (κ2) is 8.67. The average Bonchev–Trinajstić information content (AvgIpc) is 3.08. The Labute approximate surface area is 148 Å². The van der Waals surface area contributed by atoms with Crippen LogP contribution in [0.15, 0.2) is 40.8 Å². The van der Waals surface area contributed by atoms with Crippen LogP contribution >= 0.6 is 11.6 Å². The first-order chi connectivity index (χ1) is 11.8.